The first-order valence-electron chi connectivity index (χ1n) is 10.9. The Morgan fingerprint density at radius 3 is 2.71 bits per heavy atom. The van der Waals surface area contributed by atoms with E-state index in [2.05, 4.69) is 11.0 Å². The summed E-state index contributed by atoms with van der Waals surface area (Å²) >= 11 is 0. The minimum atomic E-state index is -2.88. The molecule has 3 heterocycles. The average molecular weight is 429 g/mol. The number of ketones is 1. The van der Waals surface area contributed by atoms with Crippen LogP contribution < -0.4 is 9.80 Å². The maximum atomic E-state index is 14.6. The van der Waals surface area contributed by atoms with Gasteiger partial charge in [-0.2, -0.15) is 8.78 Å². The van der Waals surface area contributed by atoms with Gasteiger partial charge in [-0.3, -0.25) is 4.79 Å². The fourth-order valence-electron chi connectivity index (χ4n) is 5.41. The first kappa shape index (κ1) is 20.4. The smallest absolute Gasteiger partial charge is 0.342 e. The number of piperidine rings is 1. The Morgan fingerprint density at radius 1 is 1.16 bits per heavy atom. The minimum absolute atomic E-state index is 0.0214. The van der Waals surface area contributed by atoms with E-state index in [4.69, 9.17) is 0 Å². The molecule has 0 aromatic heterocycles. The number of benzene rings is 2. The van der Waals surface area contributed by atoms with Gasteiger partial charge in [0.25, 0.3) is 0 Å². The predicted octanol–water partition coefficient (Wildman–Crippen LogP) is 4.51. The standard InChI is InChI=1S/C24H26F3N3O/c1-28-21-5-2-4-18-19-14-29(12-3-6-22(31)16-7-9-17(25)10-8-16)13-11-20(19)30(23(18)21)15-24(28,26)27/h2,4-5,7-10,19-20H,3,6,11-15H2,1H3/t19-,20?/m0/s1. The fraction of sp³-hybridized carbons (Fsp3) is 0.458. The highest BCUT2D eigenvalue weighted by Crippen LogP contribution is 2.53. The summed E-state index contributed by atoms with van der Waals surface area (Å²) in [6.45, 7) is 2.19. The molecule has 7 heteroatoms. The summed E-state index contributed by atoms with van der Waals surface area (Å²) in [4.78, 5) is 17.7. The molecule has 3 aliphatic rings. The van der Waals surface area contributed by atoms with E-state index in [1.165, 1.54) is 31.3 Å². The van der Waals surface area contributed by atoms with Crippen molar-refractivity contribution in [1.29, 1.82) is 0 Å². The second-order valence-corrected chi connectivity index (χ2v) is 8.86. The third-order valence-electron chi connectivity index (χ3n) is 7.05. The Hall–Kier alpha value is -2.54. The largest absolute Gasteiger partial charge is 0.358 e. The number of carbonyl (C=O) groups is 1. The Balaban J connectivity index is 1.25. The molecule has 2 aromatic rings. The van der Waals surface area contributed by atoms with Crippen LogP contribution in [0.3, 0.4) is 0 Å². The van der Waals surface area contributed by atoms with E-state index in [0.717, 1.165) is 48.6 Å². The van der Waals surface area contributed by atoms with Gasteiger partial charge in [0.2, 0.25) is 0 Å². The summed E-state index contributed by atoms with van der Waals surface area (Å²) in [6, 6.07) is 8.65. The van der Waals surface area contributed by atoms with Gasteiger partial charge in [0, 0.05) is 44.1 Å². The Labute approximate surface area is 180 Å². The summed E-state index contributed by atoms with van der Waals surface area (Å²) in [6.07, 6.45) is 1.98. The molecule has 0 N–H and O–H groups in total. The highest BCUT2D eigenvalue weighted by Gasteiger charge is 2.52. The SMILES string of the molecule is CN1c2cccc3c2N(CC1(F)F)C1CCN(CCCC(=O)c2ccc(F)cc2)C[C@@H]31. The van der Waals surface area contributed by atoms with Gasteiger partial charge < -0.3 is 14.7 Å². The van der Waals surface area contributed by atoms with Gasteiger partial charge in [-0.05, 0) is 55.3 Å². The molecule has 2 atom stereocenters. The van der Waals surface area contributed by atoms with E-state index >= 15 is 0 Å². The minimum Gasteiger partial charge on any atom is -0.358 e. The van der Waals surface area contributed by atoms with Crippen molar-refractivity contribution in [1.82, 2.24) is 4.90 Å². The van der Waals surface area contributed by atoms with E-state index in [9.17, 15) is 18.0 Å². The molecule has 4 nitrogen and oxygen atoms in total. The van der Waals surface area contributed by atoms with Crippen LogP contribution in [-0.2, 0) is 0 Å². The summed E-state index contributed by atoms with van der Waals surface area (Å²) in [5.74, 6) is -0.117. The van der Waals surface area contributed by atoms with E-state index in [0.29, 0.717) is 17.7 Å². The van der Waals surface area contributed by atoms with Crippen LogP contribution in [0.4, 0.5) is 24.5 Å². The number of halogens is 3. The van der Waals surface area contributed by atoms with Crippen LogP contribution in [0.5, 0.6) is 0 Å². The highest BCUT2D eigenvalue weighted by molar-refractivity contribution is 5.95. The van der Waals surface area contributed by atoms with Crippen molar-refractivity contribution in [3.63, 3.8) is 0 Å². The molecule has 31 heavy (non-hydrogen) atoms. The van der Waals surface area contributed by atoms with E-state index in [-0.39, 0.29) is 30.1 Å². The van der Waals surface area contributed by atoms with Crippen molar-refractivity contribution in [2.45, 2.75) is 37.3 Å². The molecule has 1 fully saturated rings. The van der Waals surface area contributed by atoms with Gasteiger partial charge in [-0.25, -0.2) is 4.39 Å². The number of rotatable bonds is 5. The van der Waals surface area contributed by atoms with Gasteiger partial charge >= 0.3 is 6.05 Å². The van der Waals surface area contributed by atoms with Gasteiger partial charge in [-0.15, -0.1) is 0 Å². The van der Waals surface area contributed by atoms with Crippen LogP contribution in [0.2, 0.25) is 0 Å². The third-order valence-corrected chi connectivity index (χ3v) is 7.05. The number of likely N-dealkylation sites (tertiary alicyclic amines) is 1. The lowest BCUT2D eigenvalue weighted by Crippen LogP contribution is -2.56. The second kappa shape index (κ2) is 7.55. The molecule has 0 spiro atoms. The Bertz CT molecular complexity index is 994. The lowest BCUT2D eigenvalue weighted by atomic mass is 9.89. The van der Waals surface area contributed by atoms with Crippen LogP contribution in [0.1, 0.15) is 41.1 Å². The highest BCUT2D eigenvalue weighted by atomic mass is 19.3. The first-order valence-corrected chi connectivity index (χ1v) is 10.9. The third kappa shape index (κ3) is 3.49. The zero-order chi connectivity index (χ0) is 21.8. The summed E-state index contributed by atoms with van der Waals surface area (Å²) < 4.78 is 42.2. The lowest BCUT2D eigenvalue weighted by molar-refractivity contribution is 0.00439. The van der Waals surface area contributed by atoms with Gasteiger partial charge in [-0.1, -0.05) is 12.1 Å². The molecule has 1 saturated heterocycles. The molecule has 2 aromatic carbocycles. The summed E-state index contributed by atoms with van der Waals surface area (Å²) in [5, 5.41) is 0. The van der Waals surface area contributed by atoms with Crippen LogP contribution in [0.25, 0.3) is 0 Å². The summed E-state index contributed by atoms with van der Waals surface area (Å²) in [7, 11) is 1.47. The molecule has 164 valence electrons. The number of hydrogen-bond donors (Lipinski definition) is 0. The normalized spacial score (nSPS) is 24.1. The fourth-order valence-corrected chi connectivity index (χ4v) is 5.41. The molecule has 0 saturated carbocycles. The Morgan fingerprint density at radius 2 is 1.94 bits per heavy atom. The number of likely N-dealkylation sites (N-methyl/N-ethyl adjacent to an activating group) is 1. The quantitative estimate of drug-likeness (QED) is 0.516. The number of Topliss-reactive ketones (excluding diaryl/α,β-unsaturated/α-hetero) is 1. The topological polar surface area (TPSA) is 26.8 Å². The molecule has 5 rings (SSSR count). The van der Waals surface area contributed by atoms with Crippen LogP contribution in [0.15, 0.2) is 42.5 Å². The monoisotopic (exact) mass is 429 g/mol. The van der Waals surface area contributed by atoms with Gasteiger partial charge in [0.1, 0.15) is 12.4 Å². The van der Waals surface area contributed by atoms with Gasteiger partial charge in [0.15, 0.2) is 5.78 Å². The molecule has 0 aliphatic carbocycles. The van der Waals surface area contributed by atoms with Crippen molar-refractivity contribution in [2.75, 3.05) is 43.0 Å². The van der Waals surface area contributed by atoms with Crippen LogP contribution >= 0.6 is 0 Å². The zero-order valence-corrected chi connectivity index (χ0v) is 17.5. The second-order valence-electron chi connectivity index (χ2n) is 8.86. The number of nitrogens with zero attached hydrogens (tertiary/aromatic N) is 3. The van der Waals surface area contributed by atoms with E-state index in [1.54, 1.807) is 6.07 Å². The number of alkyl halides is 2. The molecule has 0 bridgehead atoms. The predicted molar refractivity (Wildman–Crippen MR) is 115 cm³/mol. The van der Waals surface area contributed by atoms with Crippen molar-refractivity contribution in [2.24, 2.45) is 0 Å². The van der Waals surface area contributed by atoms with Crippen molar-refractivity contribution in [3.8, 4) is 0 Å². The van der Waals surface area contributed by atoms with Crippen LogP contribution in [0, 0.1) is 5.82 Å². The van der Waals surface area contributed by atoms with Crippen molar-refractivity contribution in [3.05, 3.63) is 59.4 Å². The number of hydrogen-bond acceptors (Lipinski definition) is 4. The molecule has 3 aliphatic heterocycles. The molecule has 1 unspecified atom stereocenters. The maximum Gasteiger partial charge on any atom is 0.342 e. The van der Waals surface area contributed by atoms with Crippen LogP contribution in [-0.4, -0.2) is 56.0 Å². The Kier molecular flexibility index (Phi) is 4.96. The van der Waals surface area contributed by atoms with E-state index < -0.39 is 6.05 Å². The molecule has 0 radical (unpaired) electrons. The lowest BCUT2D eigenvalue weighted by Gasteiger charge is -2.44. The maximum absolute atomic E-state index is 14.6. The average Bonchev–Trinajstić information content (AvgIpc) is 3.06. The number of carbonyl (C=O) groups excluding carboxylic acids is 1. The number of para-hydroxylation sites is 1. The van der Waals surface area contributed by atoms with Crippen molar-refractivity contribution >= 4 is 17.2 Å². The number of anilines is 2. The zero-order valence-electron chi connectivity index (χ0n) is 17.5. The van der Waals surface area contributed by atoms with E-state index in [1.807, 2.05) is 11.0 Å². The van der Waals surface area contributed by atoms with Gasteiger partial charge in [0.05, 0.1) is 11.4 Å². The molecule has 0 amide bonds. The van der Waals surface area contributed by atoms with Crippen molar-refractivity contribution < 1.29 is 18.0 Å². The summed E-state index contributed by atoms with van der Waals surface area (Å²) in [5.41, 5.74) is 3.28. The molecular formula is C24H26F3N3O. The molecular weight excluding hydrogens is 403 g/mol. The first-order chi connectivity index (χ1) is 14.8. The number of fused-ring (bicyclic) bond motifs is 3.